The molecule has 4 heterocycles. The van der Waals surface area contributed by atoms with Gasteiger partial charge in [0.2, 0.25) is 0 Å². The summed E-state index contributed by atoms with van der Waals surface area (Å²) >= 11 is 0. The highest BCUT2D eigenvalue weighted by atomic mass is 15.0. The lowest BCUT2D eigenvalue weighted by atomic mass is 9.95. The van der Waals surface area contributed by atoms with E-state index in [-0.39, 0.29) is 0 Å². The fraction of sp³-hybridized carbons (Fsp3) is 0.0238. The topological polar surface area (TPSA) is 66.5 Å². The zero-order valence-electron chi connectivity index (χ0n) is 25.4. The first-order valence-corrected chi connectivity index (χ1v) is 15.7. The molecule has 0 atom stereocenters. The van der Waals surface area contributed by atoms with Crippen molar-refractivity contribution < 1.29 is 0 Å². The number of fused-ring (bicyclic) bond motifs is 6. The van der Waals surface area contributed by atoms with Crippen LogP contribution >= 0.6 is 0 Å². The second kappa shape index (κ2) is 10.8. The molecule has 0 saturated carbocycles. The molecule has 0 aliphatic carbocycles. The van der Waals surface area contributed by atoms with Crippen molar-refractivity contribution in [2.45, 2.75) is 0 Å². The van der Waals surface area contributed by atoms with Gasteiger partial charge in [0.25, 0.3) is 0 Å². The van der Waals surface area contributed by atoms with Crippen LogP contribution in [0.25, 0.3) is 78.1 Å². The molecule has 1 aliphatic rings. The highest BCUT2D eigenvalue weighted by molar-refractivity contribution is 6.13. The van der Waals surface area contributed by atoms with Crippen LogP contribution in [0.4, 0.5) is 5.69 Å². The molecule has 0 amide bonds. The molecule has 8 aromatic rings. The summed E-state index contributed by atoms with van der Waals surface area (Å²) in [6.07, 6.45) is 4.28. The van der Waals surface area contributed by atoms with Gasteiger partial charge in [-0.05, 0) is 82.2 Å². The van der Waals surface area contributed by atoms with Gasteiger partial charge >= 0.3 is 0 Å². The van der Waals surface area contributed by atoms with Crippen molar-refractivity contribution in [2.24, 2.45) is 0 Å². The van der Waals surface area contributed by atoms with Gasteiger partial charge in [-0.15, -0.1) is 0 Å². The van der Waals surface area contributed by atoms with Crippen LogP contribution in [0.3, 0.4) is 0 Å². The van der Waals surface area contributed by atoms with Gasteiger partial charge < -0.3 is 9.88 Å². The number of rotatable bonds is 4. The SMILES string of the molecule is N#Cc1cc(-c2cccc(-c3cccc(-c4cc5ccccc5c5ccccc45)n3)n2)cc(-n2c3c(c4ccccc42)NCC=C3)c1. The number of benzene rings is 5. The third-order valence-corrected chi connectivity index (χ3v) is 8.99. The summed E-state index contributed by atoms with van der Waals surface area (Å²) in [4.78, 5) is 10.2. The maximum absolute atomic E-state index is 10.1. The second-order valence-corrected chi connectivity index (χ2v) is 11.8. The zero-order chi connectivity index (χ0) is 31.3. The highest BCUT2D eigenvalue weighted by Crippen LogP contribution is 2.38. The number of anilines is 1. The van der Waals surface area contributed by atoms with Gasteiger partial charge in [0, 0.05) is 28.7 Å². The molecule has 0 spiro atoms. The van der Waals surface area contributed by atoms with E-state index < -0.39 is 0 Å². The lowest BCUT2D eigenvalue weighted by molar-refractivity contribution is 1.09. The Balaban J connectivity index is 1.16. The van der Waals surface area contributed by atoms with Gasteiger partial charge in [-0.1, -0.05) is 84.9 Å². The van der Waals surface area contributed by atoms with Gasteiger partial charge in [0.05, 0.1) is 51.3 Å². The van der Waals surface area contributed by atoms with Gasteiger partial charge in [0.1, 0.15) is 0 Å². The molecule has 47 heavy (non-hydrogen) atoms. The van der Waals surface area contributed by atoms with Gasteiger partial charge in [-0.3, -0.25) is 0 Å². The van der Waals surface area contributed by atoms with Crippen molar-refractivity contribution in [1.82, 2.24) is 14.5 Å². The van der Waals surface area contributed by atoms with Crippen LogP contribution in [0, 0.1) is 11.3 Å². The summed E-state index contributed by atoms with van der Waals surface area (Å²) < 4.78 is 2.22. The van der Waals surface area contributed by atoms with Gasteiger partial charge in [-0.2, -0.15) is 5.26 Å². The number of para-hydroxylation sites is 1. The second-order valence-electron chi connectivity index (χ2n) is 11.8. The maximum atomic E-state index is 10.1. The van der Waals surface area contributed by atoms with Crippen molar-refractivity contribution in [3.05, 3.63) is 151 Å². The van der Waals surface area contributed by atoms with Crippen LogP contribution in [-0.4, -0.2) is 21.1 Å². The van der Waals surface area contributed by atoms with Gasteiger partial charge in [-0.25, -0.2) is 9.97 Å². The zero-order valence-corrected chi connectivity index (χ0v) is 25.4. The lowest BCUT2D eigenvalue weighted by Crippen LogP contribution is -2.06. The van der Waals surface area contributed by atoms with E-state index in [1.54, 1.807) is 0 Å². The first-order valence-electron chi connectivity index (χ1n) is 15.7. The van der Waals surface area contributed by atoms with E-state index in [0.717, 1.165) is 68.4 Å². The van der Waals surface area contributed by atoms with Crippen LogP contribution in [0.15, 0.2) is 140 Å². The third-order valence-electron chi connectivity index (χ3n) is 8.99. The van der Waals surface area contributed by atoms with Crippen LogP contribution in [0.5, 0.6) is 0 Å². The van der Waals surface area contributed by atoms with E-state index in [2.05, 4.69) is 119 Å². The molecular formula is C42H27N5. The van der Waals surface area contributed by atoms with E-state index in [9.17, 15) is 5.26 Å². The Morgan fingerprint density at radius 2 is 1.30 bits per heavy atom. The number of pyridine rings is 2. The predicted octanol–water partition coefficient (Wildman–Crippen LogP) is 10.0. The first-order chi connectivity index (χ1) is 23.2. The average Bonchev–Trinajstić information content (AvgIpc) is 3.49. The summed E-state index contributed by atoms with van der Waals surface area (Å²) in [5.41, 5.74) is 9.97. The van der Waals surface area contributed by atoms with Crippen LogP contribution in [-0.2, 0) is 0 Å². The number of aromatic nitrogens is 3. The monoisotopic (exact) mass is 601 g/mol. The fourth-order valence-electron chi connectivity index (χ4n) is 6.90. The molecule has 0 unspecified atom stereocenters. The van der Waals surface area contributed by atoms with E-state index in [1.165, 1.54) is 21.5 Å². The Morgan fingerprint density at radius 3 is 2.13 bits per heavy atom. The molecule has 0 fully saturated rings. The number of nitriles is 1. The quantitative estimate of drug-likeness (QED) is 0.204. The number of nitrogens with one attached hydrogen (secondary N) is 1. The Bertz CT molecular complexity index is 2600. The Labute approximate surface area is 271 Å². The van der Waals surface area contributed by atoms with E-state index in [4.69, 9.17) is 9.97 Å². The predicted molar refractivity (Wildman–Crippen MR) is 192 cm³/mol. The first kappa shape index (κ1) is 26.9. The molecule has 0 saturated heterocycles. The molecule has 0 bridgehead atoms. The Morgan fingerprint density at radius 1 is 0.617 bits per heavy atom. The molecule has 5 heteroatoms. The molecule has 0 radical (unpaired) electrons. The molecule has 1 N–H and O–H groups in total. The normalized spacial score (nSPS) is 12.2. The Hall–Kier alpha value is -6.51. The smallest absolute Gasteiger partial charge is 0.0992 e. The molecule has 9 rings (SSSR count). The summed E-state index contributed by atoms with van der Waals surface area (Å²) in [6, 6.07) is 48.1. The largest absolute Gasteiger partial charge is 0.379 e. The average molecular weight is 602 g/mol. The van der Waals surface area contributed by atoms with Crippen molar-refractivity contribution in [2.75, 3.05) is 11.9 Å². The molecule has 5 nitrogen and oxygen atoms in total. The lowest BCUT2D eigenvalue weighted by Gasteiger charge is -2.15. The maximum Gasteiger partial charge on any atom is 0.0992 e. The Kier molecular flexibility index (Phi) is 6.19. The standard InChI is InChI=1S/C42H27N5/c43-26-27-22-29(24-30(23-27)47-40-19-6-5-14-34(40)42-41(47)20-9-21-44-42)36-15-7-17-38(45-36)39-18-8-16-37(46-39)35-25-28-10-1-2-11-31(28)32-12-3-4-13-33(32)35/h1-20,22-25,44H,21H2. The summed E-state index contributed by atoms with van der Waals surface area (Å²) in [6.45, 7) is 0.785. The van der Waals surface area contributed by atoms with Crippen LogP contribution < -0.4 is 5.32 Å². The summed E-state index contributed by atoms with van der Waals surface area (Å²) in [5.74, 6) is 0. The minimum absolute atomic E-state index is 0.576. The third kappa shape index (κ3) is 4.47. The molecule has 1 aliphatic heterocycles. The van der Waals surface area contributed by atoms with E-state index in [1.807, 2.05) is 42.5 Å². The summed E-state index contributed by atoms with van der Waals surface area (Å²) in [7, 11) is 0. The molecule has 220 valence electrons. The number of hydrogen-bond acceptors (Lipinski definition) is 4. The van der Waals surface area contributed by atoms with Crippen LogP contribution in [0.2, 0.25) is 0 Å². The van der Waals surface area contributed by atoms with Gasteiger partial charge in [0.15, 0.2) is 0 Å². The van der Waals surface area contributed by atoms with E-state index >= 15 is 0 Å². The number of hydrogen-bond donors (Lipinski definition) is 1. The minimum atomic E-state index is 0.576. The fourth-order valence-corrected chi connectivity index (χ4v) is 6.90. The molecular weight excluding hydrogens is 574 g/mol. The molecule has 3 aromatic heterocycles. The van der Waals surface area contributed by atoms with Crippen molar-refractivity contribution in [3.63, 3.8) is 0 Å². The highest BCUT2D eigenvalue weighted by Gasteiger charge is 2.19. The van der Waals surface area contributed by atoms with Crippen molar-refractivity contribution >= 4 is 44.2 Å². The summed E-state index contributed by atoms with van der Waals surface area (Å²) in [5, 5.41) is 19.6. The van der Waals surface area contributed by atoms with Crippen molar-refractivity contribution in [1.29, 1.82) is 5.26 Å². The van der Waals surface area contributed by atoms with Crippen molar-refractivity contribution in [3.8, 4) is 45.7 Å². The minimum Gasteiger partial charge on any atom is -0.379 e. The van der Waals surface area contributed by atoms with Crippen LogP contribution in [0.1, 0.15) is 11.3 Å². The number of nitrogens with zero attached hydrogens (tertiary/aromatic N) is 4. The molecule has 5 aromatic carbocycles. The van der Waals surface area contributed by atoms with E-state index in [0.29, 0.717) is 5.56 Å².